The first kappa shape index (κ1) is 11.8. The first-order valence-corrected chi connectivity index (χ1v) is 5.18. The fourth-order valence-electron chi connectivity index (χ4n) is 1.14. The van der Waals surface area contributed by atoms with Crippen LogP contribution in [-0.4, -0.2) is 43.7 Å². The summed E-state index contributed by atoms with van der Waals surface area (Å²) in [5, 5.41) is 3.25. The van der Waals surface area contributed by atoms with Crippen LogP contribution in [0.5, 0.6) is 5.75 Å². The van der Waals surface area contributed by atoms with Gasteiger partial charge in [-0.1, -0.05) is 6.92 Å². The van der Waals surface area contributed by atoms with Crippen molar-refractivity contribution in [2.24, 2.45) is 0 Å². The number of ether oxygens (including phenoxy) is 1. The zero-order chi connectivity index (χ0) is 11.1. The van der Waals surface area contributed by atoms with Crippen LogP contribution in [0, 0.1) is 0 Å². The van der Waals surface area contributed by atoms with Crippen molar-refractivity contribution in [3.63, 3.8) is 0 Å². The molecular weight excluding hydrogens is 190 g/mol. The molecule has 84 valence electrons. The third-order valence-corrected chi connectivity index (χ3v) is 2.31. The zero-order valence-corrected chi connectivity index (χ0v) is 9.66. The molecule has 1 N–H and O–H groups in total. The summed E-state index contributed by atoms with van der Waals surface area (Å²) in [7, 11) is 3.74. The fourth-order valence-corrected chi connectivity index (χ4v) is 1.14. The summed E-state index contributed by atoms with van der Waals surface area (Å²) < 4.78 is 5.03. The predicted octanol–water partition coefficient (Wildman–Crippen LogP) is 1.45. The van der Waals surface area contributed by atoms with Gasteiger partial charge in [0.15, 0.2) is 0 Å². The summed E-state index contributed by atoms with van der Waals surface area (Å²) in [6.07, 6.45) is 1.71. The number of anilines is 1. The Morgan fingerprint density at radius 3 is 2.80 bits per heavy atom. The van der Waals surface area contributed by atoms with Gasteiger partial charge in [-0.25, -0.2) is 4.98 Å². The van der Waals surface area contributed by atoms with Crippen molar-refractivity contribution in [1.29, 1.82) is 0 Å². The van der Waals surface area contributed by atoms with E-state index in [1.807, 2.05) is 12.1 Å². The van der Waals surface area contributed by atoms with Crippen molar-refractivity contribution in [2.75, 3.05) is 39.1 Å². The van der Waals surface area contributed by atoms with Gasteiger partial charge in [0, 0.05) is 13.1 Å². The molecule has 0 radical (unpaired) electrons. The van der Waals surface area contributed by atoms with Crippen molar-refractivity contribution < 1.29 is 4.74 Å². The van der Waals surface area contributed by atoms with E-state index in [-0.39, 0.29) is 0 Å². The Kier molecular flexibility index (Phi) is 4.90. The number of nitrogens with zero attached hydrogens (tertiary/aromatic N) is 2. The van der Waals surface area contributed by atoms with Crippen molar-refractivity contribution in [2.45, 2.75) is 6.92 Å². The lowest BCUT2D eigenvalue weighted by Crippen LogP contribution is -2.24. The number of likely N-dealkylation sites (N-methyl/N-ethyl adjacent to an activating group) is 1. The largest absolute Gasteiger partial charge is 0.495 e. The maximum atomic E-state index is 5.03. The highest BCUT2D eigenvalue weighted by atomic mass is 16.5. The lowest BCUT2D eigenvalue weighted by atomic mass is 10.4. The standard InChI is InChI=1S/C11H19N3O/c1-4-14(2)8-7-12-11-6-5-10(15-3)9-13-11/h5-6,9H,4,7-8H2,1-3H3,(H,12,13). The summed E-state index contributed by atoms with van der Waals surface area (Å²) in [6.45, 7) is 5.14. The molecule has 0 saturated heterocycles. The molecule has 0 saturated carbocycles. The van der Waals surface area contributed by atoms with E-state index in [0.717, 1.165) is 31.2 Å². The molecule has 0 aliphatic carbocycles. The van der Waals surface area contributed by atoms with Crippen LogP contribution in [0.3, 0.4) is 0 Å². The fraction of sp³-hybridized carbons (Fsp3) is 0.545. The number of methoxy groups -OCH3 is 1. The van der Waals surface area contributed by atoms with Gasteiger partial charge in [-0.05, 0) is 25.7 Å². The minimum atomic E-state index is 0.784. The van der Waals surface area contributed by atoms with Crippen LogP contribution < -0.4 is 10.1 Å². The van der Waals surface area contributed by atoms with Crippen LogP contribution in [-0.2, 0) is 0 Å². The zero-order valence-electron chi connectivity index (χ0n) is 9.66. The molecule has 0 aromatic carbocycles. The van der Waals surface area contributed by atoms with E-state index in [9.17, 15) is 0 Å². The number of aromatic nitrogens is 1. The van der Waals surface area contributed by atoms with E-state index in [2.05, 4.69) is 29.2 Å². The van der Waals surface area contributed by atoms with E-state index in [4.69, 9.17) is 4.74 Å². The Morgan fingerprint density at radius 2 is 2.27 bits per heavy atom. The van der Waals surface area contributed by atoms with E-state index in [1.54, 1.807) is 13.3 Å². The summed E-state index contributed by atoms with van der Waals surface area (Å²) in [4.78, 5) is 6.46. The van der Waals surface area contributed by atoms with Crippen LogP contribution >= 0.6 is 0 Å². The summed E-state index contributed by atoms with van der Waals surface area (Å²) >= 11 is 0. The molecule has 1 aromatic heterocycles. The molecule has 1 rings (SSSR count). The molecule has 0 unspecified atom stereocenters. The summed E-state index contributed by atoms with van der Waals surface area (Å²) in [5.41, 5.74) is 0. The molecule has 0 bridgehead atoms. The Hall–Kier alpha value is -1.29. The molecule has 0 amide bonds. The average Bonchev–Trinajstić information content (AvgIpc) is 2.29. The second-order valence-electron chi connectivity index (χ2n) is 3.41. The van der Waals surface area contributed by atoms with Gasteiger partial charge in [0.05, 0.1) is 13.3 Å². The molecule has 1 aromatic rings. The van der Waals surface area contributed by atoms with E-state index in [0.29, 0.717) is 0 Å². The van der Waals surface area contributed by atoms with E-state index < -0.39 is 0 Å². The molecule has 0 spiro atoms. The van der Waals surface area contributed by atoms with Crippen LogP contribution in [0.25, 0.3) is 0 Å². The maximum absolute atomic E-state index is 5.03. The number of hydrogen-bond donors (Lipinski definition) is 1. The minimum absolute atomic E-state index is 0.784. The predicted molar refractivity (Wildman–Crippen MR) is 62.4 cm³/mol. The molecule has 0 aliphatic heterocycles. The lowest BCUT2D eigenvalue weighted by Gasteiger charge is -2.14. The normalized spacial score (nSPS) is 10.4. The highest BCUT2D eigenvalue weighted by Gasteiger charge is 1.96. The molecule has 0 atom stereocenters. The van der Waals surface area contributed by atoms with E-state index >= 15 is 0 Å². The van der Waals surface area contributed by atoms with Crippen molar-refractivity contribution in [3.8, 4) is 5.75 Å². The first-order chi connectivity index (χ1) is 7.26. The lowest BCUT2D eigenvalue weighted by molar-refractivity contribution is 0.367. The highest BCUT2D eigenvalue weighted by molar-refractivity contribution is 5.37. The first-order valence-electron chi connectivity index (χ1n) is 5.18. The molecule has 1 heterocycles. The van der Waals surface area contributed by atoms with Gasteiger partial charge in [0.25, 0.3) is 0 Å². The molecule has 0 fully saturated rings. The smallest absolute Gasteiger partial charge is 0.137 e. The molecule has 0 aliphatic rings. The Morgan fingerprint density at radius 1 is 1.47 bits per heavy atom. The Bertz CT molecular complexity index is 274. The quantitative estimate of drug-likeness (QED) is 0.769. The average molecular weight is 209 g/mol. The SMILES string of the molecule is CCN(C)CCNc1ccc(OC)cn1. The summed E-state index contributed by atoms with van der Waals surface area (Å²) in [5.74, 6) is 1.67. The number of rotatable bonds is 6. The van der Waals surface area contributed by atoms with Gasteiger partial charge >= 0.3 is 0 Å². The second kappa shape index (κ2) is 6.24. The number of pyridine rings is 1. The molecule has 4 heteroatoms. The van der Waals surface area contributed by atoms with Crippen molar-refractivity contribution in [1.82, 2.24) is 9.88 Å². The van der Waals surface area contributed by atoms with Crippen LogP contribution in [0.1, 0.15) is 6.92 Å². The Balaban J connectivity index is 2.31. The number of nitrogens with one attached hydrogen (secondary N) is 1. The van der Waals surface area contributed by atoms with Gasteiger partial charge in [0.1, 0.15) is 11.6 Å². The third kappa shape index (κ3) is 4.16. The van der Waals surface area contributed by atoms with Gasteiger partial charge in [-0.3, -0.25) is 0 Å². The molecular formula is C11H19N3O. The maximum Gasteiger partial charge on any atom is 0.137 e. The minimum Gasteiger partial charge on any atom is -0.495 e. The molecule has 15 heavy (non-hydrogen) atoms. The monoisotopic (exact) mass is 209 g/mol. The van der Waals surface area contributed by atoms with Crippen LogP contribution in [0.4, 0.5) is 5.82 Å². The van der Waals surface area contributed by atoms with Gasteiger partial charge in [-0.15, -0.1) is 0 Å². The Labute approximate surface area is 91.3 Å². The van der Waals surface area contributed by atoms with Gasteiger partial charge < -0.3 is 15.0 Å². The third-order valence-electron chi connectivity index (χ3n) is 2.31. The topological polar surface area (TPSA) is 37.4 Å². The van der Waals surface area contributed by atoms with Crippen LogP contribution in [0.2, 0.25) is 0 Å². The van der Waals surface area contributed by atoms with E-state index in [1.165, 1.54) is 0 Å². The van der Waals surface area contributed by atoms with Gasteiger partial charge in [0.2, 0.25) is 0 Å². The van der Waals surface area contributed by atoms with Crippen molar-refractivity contribution >= 4 is 5.82 Å². The van der Waals surface area contributed by atoms with Crippen LogP contribution in [0.15, 0.2) is 18.3 Å². The number of hydrogen-bond acceptors (Lipinski definition) is 4. The molecule has 4 nitrogen and oxygen atoms in total. The summed E-state index contributed by atoms with van der Waals surface area (Å²) in [6, 6.07) is 3.82. The highest BCUT2D eigenvalue weighted by Crippen LogP contribution is 2.10. The van der Waals surface area contributed by atoms with Gasteiger partial charge in [-0.2, -0.15) is 0 Å². The van der Waals surface area contributed by atoms with Crippen molar-refractivity contribution in [3.05, 3.63) is 18.3 Å². The second-order valence-corrected chi connectivity index (χ2v) is 3.41.